The van der Waals surface area contributed by atoms with Crippen molar-refractivity contribution in [1.29, 1.82) is 0 Å². The van der Waals surface area contributed by atoms with Crippen molar-refractivity contribution < 1.29 is 23.1 Å². The van der Waals surface area contributed by atoms with Gasteiger partial charge in [-0.05, 0) is 55.5 Å². The van der Waals surface area contributed by atoms with Crippen LogP contribution in [0.4, 0.5) is 5.69 Å². The fourth-order valence-corrected chi connectivity index (χ4v) is 6.90. The van der Waals surface area contributed by atoms with Crippen molar-refractivity contribution in [1.82, 2.24) is 9.88 Å². The maximum Gasteiger partial charge on any atom is 0.267 e. The summed E-state index contributed by atoms with van der Waals surface area (Å²) in [5.74, 6) is -0.837. The number of para-hydroxylation sites is 1. The van der Waals surface area contributed by atoms with Crippen molar-refractivity contribution in [2.75, 3.05) is 19.0 Å². The number of nitrogens with one attached hydrogen (secondary N) is 2. The molecule has 5 rings (SSSR count). The van der Waals surface area contributed by atoms with Gasteiger partial charge < -0.3 is 25.0 Å². The molecule has 1 aromatic heterocycles. The zero-order chi connectivity index (χ0) is 25.7. The predicted molar refractivity (Wildman–Crippen MR) is 137 cm³/mol. The molecule has 2 aliphatic rings. The van der Waals surface area contributed by atoms with Gasteiger partial charge in [0.2, 0.25) is 0 Å². The van der Waals surface area contributed by atoms with Gasteiger partial charge in [-0.1, -0.05) is 18.2 Å². The molecule has 36 heavy (non-hydrogen) atoms. The van der Waals surface area contributed by atoms with Gasteiger partial charge in [-0.3, -0.25) is 9.59 Å². The van der Waals surface area contributed by atoms with Crippen molar-refractivity contribution >= 4 is 32.3 Å². The van der Waals surface area contributed by atoms with Gasteiger partial charge in [0.05, 0.1) is 10.8 Å². The number of pyridine rings is 1. The predicted octanol–water partition coefficient (Wildman–Crippen LogP) is 2.70. The van der Waals surface area contributed by atoms with Crippen molar-refractivity contribution in [3.8, 4) is 11.5 Å². The van der Waals surface area contributed by atoms with Gasteiger partial charge in [0.15, 0.2) is 9.84 Å². The molecule has 1 heterocycles. The van der Waals surface area contributed by atoms with E-state index in [-0.39, 0.29) is 35.1 Å². The Kier molecular flexibility index (Phi) is 5.94. The van der Waals surface area contributed by atoms with E-state index >= 15 is 0 Å². The normalized spacial score (nSPS) is 16.5. The Labute approximate surface area is 209 Å². The number of aryl methyl sites for hydroxylation is 1. The molecule has 9 nitrogen and oxygen atoms in total. The van der Waals surface area contributed by atoms with Crippen LogP contribution < -0.4 is 20.9 Å². The lowest BCUT2D eigenvalue weighted by atomic mass is 10.1. The molecule has 3 N–H and O–H groups in total. The number of sulfone groups is 1. The lowest BCUT2D eigenvalue weighted by molar-refractivity contribution is 0.0946. The largest absolute Gasteiger partial charge is 0.506 e. The molecule has 2 saturated carbocycles. The zero-order valence-corrected chi connectivity index (χ0v) is 21.0. The monoisotopic (exact) mass is 511 g/mol. The summed E-state index contributed by atoms with van der Waals surface area (Å²) in [5.41, 5.74) is 1.04. The fraction of sp³-hybridized carbons (Fsp3) is 0.385. The third-order valence-corrected chi connectivity index (χ3v) is 10.2. The third-order valence-electron chi connectivity index (χ3n) is 7.13. The molecule has 1 amide bonds. The number of carbonyl (C=O) groups is 1. The molecule has 2 fully saturated rings. The number of aromatic hydroxyl groups is 1. The lowest BCUT2D eigenvalue weighted by Crippen LogP contribution is -2.34. The first-order chi connectivity index (χ1) is 17.2. The summed E-state index contributed by atoms with van der Waals surface area (Å²) in [6.45, 7) is 0.179. The molecule has 0 saturated heterocycles. The van der Waals surface area contributed by atoms with E-state index in [9.17, 15) is 23.1 Å². The minimum Gasteiger partial charge on any atom is -0.506 e. The van der Waals surface area contributed by atoms with Gasteiger partial charge in [-0.25, -0.2) is 8.42 Å². The number of benzene rings is 2. The highest BCUT2D eigenvalue weighted by Crippen LogP contribution is 2.50. The van der Waals surface area contributed by atoms with Crippen molar-refractivity contribution in [2.45, 2.75) is 42.2 Å². The Morgan fingerprint density at radius 2 is 1.86 bits per heavy atom. The summed E-state index contributed by atoms with van der Waals surface area (Å²) >= 11 is 0. The van der Waals surface area contributed by atoms with E-state index in [0.29, 0.717) is 31.2 Å². The van der Waals surface area contributed by atoms with Crippen LogP contribution in [0.25, 0.3) is 10.9 Å². The molecule has 0 bridgehead atoms. The minimum atomic E-state index is -3.25. The van der Waals surface area contributed by atoms with E-state index in [1.54, 1.807) is 18.2 Å². The number of rotatable bonds is 9. The molecule has 0 aliphatic heterocycles. The van der Waals surface area contributed by atoms with Crippen LogP contribution in [0.3, 0.4) is 0 Å². The summed E-state index contributed by atoms with van der Waals surface area (Å²) in [7, 11) is 0.0545. The van der Waals surface area contributed by atoms with Crippen LogP contribution in [0.5, 0.6) is 11.5 Å². The van der Waals surface area contributed by atoms with Crippen molar-refractivity contribution in [3.05, 3.63) is 63.9 Å². The highest BCUT2D eigenvalue weighted by molar-refractivity contribution is 7.94. The fourth-order valence-electron chi connectivity index (χ4n) is 4.54. The number of carbonyl (C=O) groups excluding carboxylic acids is 1. The van der Waals surface area contributed by atoms with Crippen LogP contribution >= 0.6 is 0 Å². The summed E-state index contributed by atoms with van der Waals surface area (Å²) < 4.78 is 32.0. The second kappa shape index (κ2) is 8.85. The standard InChI is InChI=1S/C26H29N3O6S/c1-27-17-8-6-16(7-9-17)14-28-24(31)21-23(30)19-4-3-5-20(22(19)29(2)25(21)32)35-15-26(12-13-26)36(33,34)18-10-11-18/h3-9,18,27,30H,10-15H2,1-2H3,(H,28,31). The molecule has 190 valence electrons. The molecule has 0 radical (unpaired) electrons. The van der Waals surface area contributed by atoms with Crippen LogP contribution in [-0.4, -0.2) is 47.7 Å². The molecular weight excluding hydrogens is 482 g/mol. The molecule has 2 aliphatic carbocycles. The number of ether oxygens (including phenoxy) is 1. The summed E-state index contributed by atoms with van der Waals surface area (Å²) in [6, 6.07) is 12.3. The molecule has 2 aromatic carbocycles. The molecule has 0 atom stereocenters. The average molecular weight is 512 g/mol. The van der Waals surface area contributed by atoms with Gasteiger partial charge in [0.1, 0.15) is 28.4 Å². The topological polar surface area (TPSA) is 127 Å². The van der Waals surface area contributed by atoms with E-state index in [0.717, 1.165) is 11.3 Å². The number of hydrogen-bond acceptors (Lipinski definition) is 7. The number of nitrogens with zero attached hydrogens (tertiary/aromatic N) is 1. The molecular formula is C26H29N3O6S. The Morgan fingerprint density at radius 1 is 1.17 bits per heavy atom. The van der Waals surface area contributed by atoms with Gasteiger partial charge in [0, 0.05) is 31.7 Å². The maximum absolute atomic E-state index is 13.1. The van der Waals surface area contributed by atoms with Gasteiger partial charge in [-0.2, -0.15) is 0 Å². The second-order valence-electron chi connectivity index (χ2n) is 9.59. The zero-order valence-electron chi connectivity index (χ0n) is 20.2. The van der Waals surface area contributed by atoms with Gasteiger partial charge in [-0.15, -0.1) is 0 Å². The van der Waals surface area contributed by atoms with Crippen molar-refractivity contribution in [3.63, 3.8) is 0 Å². The van der Waals surface area contributed by atoms with E-state index in [1.807, 2.05) is 31.3 Å². The van der Waals surface area contributed by atoms with E-state index in [4.69, 9.17) is 4.74 Å². The van der Waals surface area contributed by atoms with Crippen LogP contribution in [0, 0.1) is 0 Å². The van der Waals surface area contributed by atoms with E-state index < -0.39 is 31.8 Å². The summed E-state index contributed by atoms with van der Waals surface area (Å²) in [6.07, 6.45) is 2.52. The van der Waals surface area contributed by atoms with Gasteiger partial charge in [0.25, 0.3) is 11.5 Å². The molecule has 0 unspecified atom stereocenters. The maximum atomic E-state index is 13.1. The van der Waals surface area contributed by atoms with Crippen LogP contribution in [-0.2, 0) is 23.4 Å². The SMILES string of the molecule is CNc1ccc(CNC(=O)c2c(O)c3cccc(OCC4(S(=O)(=O)C5CC5)CC4)c3n(C)c2=O)cc1. The van der Waals surface area contributed by atoms with Crippen molar-refractivity contribution in [2.24, 2.45) is 7.05 Å². The smallest absolute Gasteiger partial charge is 0.267 e. The minimum absolute atomic E-state index is 0.00548. The van der Waals surface area contributed by atoms with Crippen LogP contribution in [0.15, 0.2) is 47.3 Å². The lowest BCUT2D eigenvalue weighted by Gasteiger charge is -2.19. The first-order valence-electron chi connectivity index (χ1n) is 11.9. The van der Waals surface area contributed by atoms with Crippen LogP contribution in [0.2, 0.25) is 0 Å². The number of amides is 1. The first-order valence-corrected chi connectivity index (χ1v) is 13.5. The Bertz CT molecular complexity index is 1500. The summed E-state index contributed by atoms with van der Waals surface area (Å²) in [4.78, 5) is 26.1. The van der Waals surface area contributed by atoms with E-state index in [1.165, 1.54) is 11.6 Å². The third kappa shape index (κ3) is 4.09. The number of hydrogen-bond donors (Lipinski definition) is 3. The summed E-state index contributed by atoms with van der Waals surface area (Å²) in [5, 5.41) is 16.6. The van der Waals surface area contributed by atoms with Gasteiger partial charge >= 0.3 is 0 Å². The average Bonchev–Trinajstić information content (AvgIpc) is 3.79. The highest BCUT2D eigenvalue weighted by atomic mass is 32.2. The van der Waals surface area contributed by atoms with E-state index in [2.05, 4.69) is 10.6 Å². The Balaban J connectivity index is 1.41. The number of fused-ring (bicyclic) bond motifs is 1. The van der Waals surface area contributed by atoms with Crippen LogP contribution in [0.1, 0.15) is 41.6 Å². The number of aromatic nitrogens is 1. The number of anilines is 1. The second-order valence-corrected chi connectivity index (χ2v) is 12.2. The molecule has 3 aromatic rings. The molecule has 10 heteroatoms. The Morgan fingerprint density at radius 3 is 2.47 bits per heavy atom. The quantitative estimate of drug-likeness (QED) is 0.403. The first kappa shape index (κ1) is 24.2. The highest BCUT2D eigenvalue weighted by Gasteiger charge is 2.60. The molecule has 0 spiro atoms. The Hall–Kier alpha value is -3.53.